The zero-order valence-corrected chi connectivity index (χ0v) is 13.0. The van der Waals surface area contributed by atoms with Crippen molar-refractivity contribution < 1.29 is 9.90 Å². The number of benzene rings is 3. The van der Waals surface area contributed by atoms with E-state index in [9.17, 15) is 9.90 Å². The van der Waals surface area contributed by atoms with Crippen LogP contribution >= 0.6 is 0 Å². The van der Waals surface area contributed by atoms with Crippen molar-refractivity contribution >= 4 is 11.9 Å². The molecule has 3 aromatic carbocycles. The number of phenolic OH excluding ortho intramolecular Hbond substituents is 1. The highest BCUT2D eigenvalue weighted by molar-refractivity contribution is 6.05. The van der Waals surface area contributed by atoms with Crippen LogP contribution in [0.15, 0.2) is 78.9 Å². The van der Waals surface area contributed by atoms with E-state index in [-0.39, 0.29) is 17.5 Å². The monoisotopic (exact) mass is 312 g/mol. The van der Waals surface area contributed by atoms with E-state index >= 15 is 0 Å². The smallest absolute Gasteiger partial charge is 0.167 e. The summed E-state index contributed by atoms with van der Waals surface area (Å²) in [6.45, 7) is 0. The van der Waals surface area contributed by atoms with Gasteiger partial charge in [0.25, 0.3) is 0 Å². The summed E-state index contributed by atoms with van der Waals surface area (Å²) in [5.74, 6) is 0.0448. The minimum Gasteiger partial charge on any atom is -0.508 e. The second-order valence-corrected chi connectivity index (χ2v) is 5.93. The zero-order valence-electron chi connectivity index (χ0n) is 13.0. The summed E-state index contributed by atoms with van der Waals surface area (Å²) < 4.78 is 0. The van der Waals surface area contributed by atoms with Crippen molar-refractivity contribution in [1.82, 2.24) is 0 Å². The first-order valence-electron chi connectivity index (χ1n) is 7.93. The standard InChI is InChI=1S/C22H16O2/c23-16-12-9-15(10-13-16)11-14-21(24)22-19-7-3-1-5-17(19)18-6-2-4-8-20(18)22/h1-14,22-23H/b14-11+. The van der Waals surface area contributed by atoms with Gasteiger partial charge in [-0.1, -0.05) is 66.7 Å². The van der Waals surface area contributed by atoms with Gasteiger partial charge in [-0.3, -0.25) is 4.79 Å². The van der Waals surface area contributed by atoms with Gasteiger partial charge >= 0.3 is 0 Å². The molecule has 1 aliphatic carbocycles. The van der Waals surface area contributed by atoms with E-state index in [0.29, 0.717) is 0 Å². The second kappa shape index (κ2) is 5.82. The number of carbonyl (C=O) groups is 1. The molecule has 0 saturated heterocycles. The number of aromatic hydroxyl groups is 1. The second-order valence-electron chi connectivity index (χ2n) is 5.93. The van der Waals surface area contributed by atoms with Crippen LogP contribution in [0.25, 0.3) is 17.2 Å². The molecule has 0 saturated carbocycles. The highest BCUT2D eigenvalue weighted by Crippen LogP contribution is 2.45. The molecule has 0 atom stereocenters. The molecule has 1 aliphatic rings. The number of ketones is 1. The molecule has 0 unspecified atom stereocenters. The first kappa shape index (κ1) is 14.5. The third-order valence-corrected chi connectivity index (χ3v) is 4.45. The highest BCUT2D eigenvalue weighted by Gasteiger charge is 2.31. The molecule has 0 amide bonds. The summed E-state index contributed by atoms with van der Waals surface area (Å²) in [4.78, 5) is 12.9. The van der Waals surface area contributed by atoms with Gasteiger partial charge in [0.05, 0.1) is 5.92 Å². The fraction of sp³-hybridized carbons (Fsp3) is 0.0455. The Morgan fingerprint density at radius 2 is 1.33 bits per heavy atom. The lowest BCUT2D eigenvalue weighted by Gasteiger charge is -2.09. The normalized spacial score (nSPS) is 13.0. The molecule has 0 fully saturated rings. The number of phenols is 1. The largest absolute Gasteiger partial charge is 0.508 e. The van der Waals surface area contributed by atoms with E-state index < -0.39 is 0 Å². The lowest BCUT2D eigenvalue weighted by molar-refractivity contribution is -0.115. The van der Waals surface area contributed by atoms with Crippen LogP contribution in [-0.4, -0.2) is 10.9 Å². The van der Waals surface area contributed by atoms with Crippen LogP contribution < -0.4 is 0 Å². The molecule has 4 rings (SSSR count). The summed E-state index contributed by atoms with van der Waals surface area (Å²) in [5.41, 5.74) is 5.31. The van der Waals surface area contributed by atoms with E-state index in [0.717, 1.165) is 27.8 Å². The molecular weight excluding hydrogens is 296 g/mol. The minimum absolute atomic E-state index is 0.0699. The fourth-order valence-electron chi connectivity index (χ4n) is 3.32. The fourth-order valence-corrected chi connectivity index (χ4v) is 3.32. The molecule has 0 heterocycles. The average molecular weight is 312 g/mol. The zero-order chi connectivity index (χ0) is 16.5. The Balaban J connectivity index is 1.71. The number of rotatable bonds is 3. The Hall–Kier alpha value is -3.13. The summed E-state index contributed by atoms with van der Waals surface area (Å²) in [6.07, 6.45) is 3.43. The molecule has 24 heavy (non-hydrogen) atoms. The molecule has 116 valence electrons. The molecule has 0 spiro atoms. The van der Waals surface area contributed by atoms with Crippen molar-refractivity contribution in [2.45, 2.75) is 5.92 Å². The SMILES string of the molecule is O=C(/C=C/c1ccc(O)cc1)C1c2ccccc2-c2ccccc21. The van der Waals surface area contributed by atoms with Gasteiger partial charge in [0.1, 0.15) is 5.75 Å². The summed E-state index contributed by atoms with van der Waals surface area (Å²) in [7, 11) is 0. The number of allylic oxidation sites excluding steroid dienone is 1. The maximum Gasteiger partial charge on any atom is 0.167 e. The van der Waals surface area contributed by atoms with Gasteiger partial charge in [0.15, 0.2) is 5.78 Å². The van der Waals surface area contributed by atoms with Crippen LogP contribution in [0.2, 0.25) is 0 Å². The topological polar surface area (TPSA) is 37.3 Å². The highest BCUT2D eigenvalue weighted by atomic mass is 16.3. The van der Waals surface area contributed by atoms with Gasteiger partial charge in [-0.25, -0.2) is 0 Å². The van der Waals surface area contributed by atoms with Crippen molar-refractivity contribution in [2.24, 2.45) is 0 Å². The quantitative estimate of drug-likeness (QED) is 0.706. The van der Waals surface area contributed by atoms with E-state index in [1.54, 1.807) is 36.4 Å². The molecule has 0 aliphatic heterocycles. The van der Waals surface area contributed by atoms with E-state index in [4.69, 9.17) is 0 Å². The van der Waals surface area contributed by atoms with Crippen LogP contribution in [0.4, 0.5) is 0 Å². The van der Waals surface area contributed by atoms with Crippen molar-refractivity contribution in [3.8, 4) is 16.9 Å². The van der Waals surface area contributed by atoms with Gasteiger partial charge in [0, 0.05) is 0 Å². The molecule has 0 bridgehead atoms. The van der Waals surface area contributed by atoms with Crippen molar-refractivity contribution in [3.63, 3.8) is 0 Å². The first-order chi connectivity index (χ1) is 11.7. The predicted molar refractivity (Wildman–Crippen MR) is 95.9 cm³/mol. The van der Waals surface area contributed by atoms with Crippen LogP contribution in [0.5, 0.6) is 5.75 Å². The summed E-state index contributed by atoms with van der Waals surface area (Å²) >= 11 is 0. The van der Waals surface area contributed by atoms with E-state index in [1.807, 2.05) is 36.4 Å². The Labute approximate surface area is 140 Å². The molecule has 3 aromatic rings. The van der Waals surface area contributed by atoms with Crippen LogP contribution in [0.3, 0.4) is 0 Å². The molecule has 0 radical (unpaired) electrons. The number of fused-ring (bicyclic) bond motifs is 3. The van der Waals surface area contributed by atoms with Gasteiger partial charge < -0.3 is 5.11 Å². The molecule has 0 aromatic heterocycles. The Bertz CT molecular complexity index is 891. The van der Waals surface area contributed by atoms with Crippen molar-refractivity contribution in [2.75, 3.05) is 0 Å². The van der Waals surface area contributed by atoms with Crippen molar-refractivity contribution in [1.29, 1.82) is 0 Å². The van der Waals surface area contributed by atoms with E-state index in [1.165, 1.54) is 0 Å². The van der Waals surface area contributed by atoms with Gasteiger partial charge in [-0.15, -0.1) is 0 Å². The van der Waals surface area contributed by atoms with Crippen LogP contribution in [0.1, 0.15) is 22.6 Å². The maximum absolute atomic E-state index is 12.9. The number of hydrogen-bond donors (Lipinski definition) is 1. The third kappa shape index (κ3) is 2.42. The third-order valence-electron chi connectivity index (χ3n) is 4.45. The van der Waals surface area contributed by atoms with Gasteiger partial charge in [-0.05, 0) is 46.0 Å². The Morgan fingerprint density at radius 3 is 1.92 bits per heavy atom. The Kier molecular flexibility index (Phi) is 3.51. The van der Waals surface area contributed by atoms with Crippen molar-refractivity contribution in [3.05, 3.63) is 95.6 Å². The van der Waals surface area contributed by atoms with E-state index in [2.05, 4.69) is 12.1 Å². The summed E-state index contributed by atoms with van der Waals surface area (Å²) in [6, 6.07) is 23.0. The molecule has 1 N–H and O–H groups in total. The molecule has 2 heteroatoms. The number of hydrogen-bond acceptors (Lipinski definition) is 2. The number of carbonyl (C=O) groups excluding carboxylic acids is 1. The molecule has 2 nitrogen and oxygen atoms in total. The average Bonchev–Trinajstić information content (AvgIpc) is 2.96. The lowest BCUT2D eigenvalue weighted by atomic mass is 9.92. The Morgan fingerprint density at radius 1 is 0.792 bits per heavy atom. The predicted octanol–water partition coefficient (Wildman–Crippen LogP) is 4.79. The first-order valence-corrected chi connectivity index (χ1v) is 7.93. The maximum atomic E-state index is 12.9. The van der Waals surface area contributed by atoms with Crippen LogP contribution in [-0.2, 0) is 4.79 Å². The minimum atomic E-state index is -0.245. The summed E-state index contributed by atoms with van der Waals surface area (Å²) in [5, 5.41) is 9.33. The van der Waals surface area contributed by atoms with Gasteiger partial charge in [0.2, 0.25) is 0 Å². The molecular formula is C22H16O2. The van der Waals surface area contributed by atoms with Gasteiger partial charge in [-0.2, -0.15) is 0 Å². The lowest BCUT2D eigenvalue weighted by Crippen LogP contribution is -2.08. The van der Waals surface area contributed by atoms with Crippen LogP contribution in [0, 0.1) is 0 Å².